The Morgan fingerprint density at radius 1 is 1.35 bits per heavy atom. The third-order valence-corrected chi connectivity index (χ3v) is 3.84. The van der Waals surface area contributed by atoms with Crippen LogP contribution in [0.15, 0.2) is 34.9 Å². The van der Waals surface area contributed by atoms with Crippen molar-refractivity contribution in [3.05, 3.63) is 51.3 Å². The summed E-state index contributed by atoms with van der Waals surface area (Å²) in [7, 11) is 0. The molecule has 0 spiro atoms. The van der Waals surface area contributed by atoms with Gasteiger partial charge in [-0.1, -0.05) is 17.7 Å². The maximum atomic E-state index is 13.6. The number of aryl methyl sites for hydroxylation is 1. The summed E-state index contributed by atoms with van der Waals surface area (Å²) in [6, 6.07) is 6.49. The summed E-state index contributed by atoms with van der Waals surface area (Å²) in [5.41, 5.74) is 8.99. The van der Waals surface area contributed by atoms with Crippen LogP contribution in [0.3, 0.4) is 0 Å². The van der Waals surface area contributed by atoms with Gasteiger partial charge in [0.1, 0.15) is 23.0 Å². The molecule has 1 aromatic carbocycles. The van der Waals surface area contributed by atoms with E-state index in [-0.39, 0.29) is 5.02 Å². The highest BCUT2D eigenvalue weighted by atomic mass is 79.9. The van der Waals surface area contributed by atoms with Crippen molar-refractivity contribution in [2.45, 2.75) is 6.92 Å². The average molecular weight is 355 g/mol. The fourth-order valence-electron chi connectivity index (χ4n) is 2.14. The number of halogens is 3. The number of hydrogen-bond donors (Lipinski definition) is 1. The minimum atomic E-state index is -0.487. The lowest BCUT2D eigenvalue weighted by atomic mass is 10.1. The number of fused-ring (bicyclic) bond motifs is 1. The van der Waals surface area contributed by atoms with Gasteiger partial charge in [-0.05, 0) is 46.6 Å². The van der Waals surface area contributed by atoms with Crippen LogP contribution in [0.4, 0.5) is 10.2 Å². The minimum absolute atomic E-state index is 0.0787. The summed E-state index contributed by atoms with van der Waals surface area (Å²) in [6.45, 7) is 1.94. The predicted octanol–water partition coefficient (Wildman–Crippen LogP) is 4.45. The zero-order valence-electron chi connectivity index (χ0n) is 10.5. The highest BCUT2D eigenvalue weighted by Crippen LogP contribution is 2.30. The maximum Gasteiger partial charge on any atom is 0.142 e. The smallest absolute Gasteiger partial charge is 0.142 e. The van der Waals surface area contributed by atoms with Crippen molar-refractivity contribution in [3.63, 3.8) is 0 Å². The third kappa shape index (κ3) is 2.07. The fourth-order valence-corrected chi connectivity index (χ4v) is 2.81. The summed E-state index contributed by atoms with van der Waals surface area (Å²) in [4.78, 5) is 4.50. The van der Waals surface area contributed by atoms with Gasteiger partial charge in [0.15, 0.2) is 0 Å². The zero-order valence-corrected chi connectivity index (χ0v) is 12.8. The molecule has 3 rings (SSSR count). The first-order chi connectivity index (χ1) is 9.47. The standard InChI is InChI=1S/C14H10BrClFN3/c1-7-4-9(15)6-20-13(18)12(19-14(7)20)8-2-3-10(16)11(17)5-8/h2-6H,18H2,1H3. The Morgan fingerprint density at radius 3 is 2.80 bits per heavy atom. The monoisotopic (exact) mass is 353 g/mol. The van der Waals surface area contributed by atoms with Gasteiger partial charge >= 0.3 is 0 Å². The van der Waals surface area contributed by atoms with Crippen molar-refractivity contribution < 1.29 is 4.39 Å². The Labute approximate surface area is 128 Å². The van der Waals surface area contributed by atoms with E-state index in [9.17, 15) is 4.39 Å². The Kier molecular flexibility index (Phi) is 3.18. The lowest BCUT2D eigenvalue weighted by molar-refractivity contribution is 0.629. The highest BCUT2D eigenvalue weighted by Gasteiger charge is 2.14. The lowest BCUT2D eigenvalue weighted by Crippen LogP contribution is -1.95. The largest absolute Gasteiger partial charge is 0.383 e. The van der Waals surface area contributed by atoms with Gasteiger partial charge < -0.3 is 5.73 Å². The van der Waals surface area contributed by atoms with Crippen molar-refractivity contribution >= 4 is 39.0 Å². The molecular weight excluding hydrogens is 345 g/mol. The molecule has 20 heavy (non-hydrogen) atoms. The minimum Gasteiger partial charge on any atom is -0.383 e. The first-order valence-corrected chi connectivity index (χ1v) is 7.03. The average Bonchev–Trinajstić information content (AvgIpc) is 2.71. The molecule has 0 bridgehead atoms. The molecule has 0 aliphatic carbocycles. The molecule has 2 aromatic heterocycles. The van der Waals surface area contributed by atoms with Gasteiger partial charge in [0.25, 0.3) is 0 Å². The van der Waals surface area contributed by atoms with Crippen molar-refractivity contribution in [2.24, 2.45) is 0 Å². The van der Waals surface area contributed by atoms with E-state index in [1.165, 1.54) is 12.1 Å². The van der Waals surface area contributed by atoms with Gasteiger partial charge in [0, 0.05) is 16.2 Å². The van der Waals surface area contributed by atoms with Crippen LogP contribution in [0, 0.1) is 12.7 Å². The van der Waals surface area contributed by atoms with Gasteiger partial charge in [0.2, 0.25) is 0 Å². The van der Waals surface area contributed by atoms with Crippen molar-refractivity contribution in [3.8, 4) is 11.3 Å². The van der Waals surface area contributed by atoms with Crippen molar-refractivity contribution in [1.82, 2.24) is 9.38 Å². The van der Waals surface area contributed by atoms with Crippen molar-refractivity contribution in [1.29, 1.82) is 0 Å². The van der Waals surface area contributed by atoms with Gasteiger partial charge in [0.05, 0.1) is 5.02 Å². The second-order valence-corrected chi connectivity index (χ2v) is 5.83. The number of hydrogen-bond acceptors (Lipinski definition) is 2. The van der Waals surface area contributed by atoms with E-state index >= 15 is 0 Å². The Hall–Kier alpha value is -1.59. The summed E-state index contributed by atoms with van der Waals surface area (Å²) in [5.74, 6) is -0.0235. The Morgan fingerprint density at radius 2 is 2.10 bits per heavy atom. The van der Waals surface area contributed by atoms with Crippen LogP contribution in [0.1, 0.15) is 5.56 Å². The SMILES string of the molecule is Cc1cc(Br)cn2c(N)c(-c3ccc(Cl)c(F)c3)nc12. The van der Waals surface area contributed by atoms with E-state index in [0.29, 0.717) is 17.1 Å². The summed E-state index contributed by atoms with van der Waals surface area (Å²) >= 11 is 9.12. The van der Waals surface area contributed by atoms with Gasteiger partial charge in [-0.3, -0.25) is 4.40 Å². The fraction of sp³-hybridized carbons (Fsp3) is 0.0714. The number of nitrogens with two attached hydrogens (primary N) is 1. The molecule has 0 aliphatic rings. The molecule has 2 heterocycles. The van der Waals surface area contributed by atoms with Crippen LogP contribution in [-0.4, -0.2) is 9.38 Å². The van der Waals surface area contributed by atoms with E-state index in [1.807, 2.05) is 19.2 Å². The molecule has 0 saturated heterocycles. The van der Waals surface area contributed by atoms with E-state index in [1.54, 1.807) is 10.5 Å². The molecule has 6 heteroatoms. The number of aromatic nitrogens is 2. The lowest BCUT2D eigenvalue weighted by Gasteiger charge is -2.02. The molecule has 0 atom stereocenters. The molecule has 0 amide bonds. The van der Waals surface area contributed by atoms with Crippen LogP contribution in [0.2, 0.25) is 5.02 Å². The van der Waals surface area contributed by atoms with Gasteiger partial charge in [-0.15, -0.1) is 0 Å². The number of anilines is 1. The van der Waals surface area contributed by atoms with Gasteiger partial charge in [-0.2, -0.15) is 0 Å². The molecule has 2 N–H and O–H groups in total. The van der Waals surface area contributed by atoms with Crippen LogP contribution in [-0.2, 0) is 0 Å². The highest BCUT2D eigenvalue weighted by molar-refractivity contribution is 9.10. The van der Waals surface area contributed by atoms with E-state index in [4.69, 9.17) is 17.3 Å². The molecule has 0 aliphatic heterocycles. The topological polar surface area (TPSA) is 43.3 Å². The van der Waals surface area contributed by atoms with E-state index < -0.39 is 5.82 Å². The summed E-state index contributed by atoms with van der Waals surface area (Å²) in [5, 5.41) is 0.0787. The molecular formula is C14H10BrClFN3. The molecule has 0 radical (unpaired) electrons. The van der Waals surface area contributed by atoms with Crippen LogP contribution < -0.4 is 5.73 Å². The Balaban J connectivity index is 2.29. The number of nitrogens with zero attached hydrogens (tertiary/aromatic N) is 2. The first-order valence-electron chi connectivity index (χ1n) is 5.86. The molecule has 0 saturated carbocycles. The van der Waals surface area contributed by atoms with E-state index in [2.05, 4.69) is 20.9 Å². The quantitative estimate of drug-likeness (QED) is 0.702. The van der Waals surface area contributed by atoms with E-state index in [0.717, 1.165) is 15.7 Å². The molecule has 3 aromatic rings. The van der Waals surface area contributed by atoms with Crippen LogP contribution >= 0.6 is 27.5 Å². The number of nitrogen functional groups attached to an aromatic ring is 1. The normalized spacial score (nSPS) is 11.2. The second-order valence-electron chi connectivity index (χ2n) is 4.51. The number of benzene rings is 1. The molecule has 0 fully saturated rings. The summed E-state index contributed by atoms with van der Waals surface area (Å²) < 4.78 is 16.3. The van der Waals surface area contributed by atoms with Crippen molar-refractivity contribution in [2.75, 3.05) is 5.73 Å². The third-order valence-electron chi connectivity index (χ3n) is 3.10. The predicted molar refractivity (Wildman–Crippen MR) is 82.4 cm³/mol. The zero-order chi connectivity index (χ0) is 14.4. The van der Waals surface area contributed by atoms with Crippen LogP contribution in [0.5, 0.6) is 0 Å². The second kappa shape index (κ2) is 4.75. The number of imidazole rings is 1. The first kappa shape index (κ1) is 13.4. The Bertz CT molecular complexity index is 829. The number of rotatable bonds is 1. The molecule has 102 valence electrons. The maximum absolute atomic E-state index is 13.6. The molecule has 3 nitrogen and oxygen atoms in total. The summed E-state index contributed by atoms with van der Waals surface area (Å²) in [6.07, 6.45) is 1.83. The van der Waals surface area contributed by atoms with Gasteiger partial charge in [-0.25, -0.2) is 9.37 Å². The molecule has 0 unspecified atom stereocenters. The van der Waals surface area contributed by atoms with Crippen LogP contribution in [0.25, 0.3) is 16.9 Å². The number of pyridine rings is 1.